The highest BCUT2D eigenvalue weighted by atomic mass is 16.6. The van der Waals surface area contributed by atoms with Gasteiger partial charge in [-0.25, -0.2) is 4.79 Å². The maximum Gasteiger partial charge on any atom is 0.384 e. The molecular weight excluding hydrogens is 472 g/mol. The summed E-state index contributed by atoms with van der Waals surface area (Å²) in [6.07, 6.45) is 10.4. The van der Waals surface area contributed by atoms with Gasteiger partial charge in [-0.05, 0) is 44.9 Å². The molecule has 7 nitrogen and oxygen atoms in total. The van der Waals surface area contributed by atoms with Crippen molar-refractivity contribution in [1.29, 1.82) is 0 Å². The monoisotopic (exact) mass is 512 g/mol. The van der Waals surface area contributed by atoms with Crippen molar-refractivity contribution >= 4 is 5.97 Å². The van der Waals surface area contributed by atoms with E-state index in [1.807, 2.05) is 19.1 Å². The Morgan fingerprint density at radius 3 is 2.86 bits per heavy atom. The Morgan fingerprint density at radius 1 is 1.22 bits per heavy atom. The van der Waals surface area contributed by atoms with Gasteiger partial charge in [-0.1, -0.05) is 60.9 Å². The summed E-state index contributed by atoms with van der Waals surface area (Å²) < 4.78 is 23.2. The Labute approximate surface area is 220 Å². The number of fused-ring (bicyclic) bond motifs is 3. The Hall–Kier alpha value is -2.21. The number of cyclic esters (lactones) is 1. The predicted molar refractivity (Wildman–Crippen MR) is 139 cm³/mol. The number of aliphatic hydroxyl groups excluding tert-OH is 2. The number of hydrogen-bond acceptors (Lipinski definition) is 7. The summed E-state index contributed by atoms with van der Waals surface area (Å²) in [6, 6.07) is 0. The normalized spacial score (nSPS) is 38.3. The molecule has 4 heterocycles. The van der Waals surface area contributed by atoms with Crippen molar-refractivity contribution in [2.45, 2.75) is 108 Å². The molecule has 0 amide bonds. The molecule has 0 aromatic carbocycles. The van der Waals surface area contributed by atoms with E-state index in [0.717, 1.165) is 31.3 Å². The van der Waals surface area contributed by atoms with Crippen molar-refractivity contribution in [1.82, 2.24) is 0 Å². The Balaban J connectivity index is 1.45. The quantitative estimate of drug-likeness (QED) is 0.196. The number of hydrogen-bond donors (Lipinski definition) is 2. The molecule has 9 atom stereocenters. The Kier molecular flexibility index (Phi) is 9.80. The lowest BCUT2D eigenvalue weighted by Crippen LogP contribution is -2.32. The lowest BCUT2D eigenvalue weighted by molar-refractivity contribution is -0.146. The van der Waals surface area contributed by atoms with Crippen molar-refractivity contribution in [3.8, 4) is 11.8 Å². The molecule has 2 N–H and O–H groups in total. The molecule has 37 heavy (non-hydrogen) atoms. The zero-order chi connectivity index (χ0) is 26.4. The van der Waals surface area contributed by atoms with Crippen LogP contribution in [0.5, 0.6) is 0 Å². The second-order valence-corrected chi connectivity index (χ2v) is 10.9. The zero-order valence-electron chi connectivity index (χ0n) is 21.9. The third-order valence-electron chi connectivity index (χ3n) is 7.30. The van der Waals surface area contributed by atoms with Crippen LogP contribution in [-0.2, 0) is 23.7 Å². The molecule has 0 aromatic rings. The first-order valence-electron chi connectivity index (χ1n) is 13.4. The van der Waals surface area contributed by atoms with Gasteiger partial charge in [0.25, 0.3) is 0 Å². The number of aliphatic hydroxyl groups is 2. The van der Waals surface area contributed by atoms with Crippen LogP contribution in [0.3, 0.4) is 0 Å². The van der Waals surface area contributed by atoms with Gasteiger partial charge in [-0.15, -0.1) is 0 Å². The van der Waals surface area contributed by atoms with Crippen molar-refractivity contribution < 1.29 is 34.0 Å². The molecule has 0 unspecified atom stereocenters. The fraction of sp³-hybridized carbons (Fsp3) is 0.633. The molecule has 4 aliphatic rings. The third-order valence-corrected chi connectivity index (χ3v) is 7.30. The van der Waals surface area contributed by atoms with E-state index in [1.165, 1.54) is 5.57 Å². The van der Waals surface area contributed by atoms with Gasteiger partial charge in [-0.3, -0.25) is 0 Å². The molecule has 4 aliphatic heterocycles. The van der Waals surface area contributed by atoms with Crippen LogP contribution >= 0.6 is 0 Å². The summed E-state index contributed by atoms with van der Waals surface area (Å²) in [5, 5.41) is 21.6. The van der Waals surface area contributed by atoms with E-state index in [4.69, 9.17) is 18.9 Å². The third kappa shape index (κ3) is 8.66. The molecule has 1 fully saturated rings. The van der Waals surface area contributed by atoms with E-state index in [0.29, 0.717) is 25.4 Å². The smallest absolute Gasteiger partial charge is 0.384 e. The molecule has 1 saturated heterocycles. The summed E-state index contributed by atoms with van der Waals surface area (Å²) in [4.78, 5) is 12.6. The van der Waals surface area contributed by atoms with Gasteiger partial charge in [0, 0.05) is 18.8 Å². The number of epoxide rings is 1. The summed E-state index contributed by atoms with van der Waals surface area (Å²) in [7, 11) is 0. The summed E-state index contributed by atoms with van der Waals surface area (Å²) in [6.45, 7) is 8.94. The molecule has 0 aromatic heterocycles. The van der Waals surface area contributed by atoms with E-state index in [2.05, 4.69) is 31.4 Å². The minimum absolute atomic E-state index is 0.0882. The van der Waals surface area contributed by atoms with Gasteiger partial charge in [0.05, 0.1) is 37.1 Å². The van der Waals surface area contributed by atoms with Crippen LogP contribution in [0.4, 0.5) is 0 Å². The molecular formula is C30H40O7. The average Bonchev–Trinajstić information content (AvgIpc) is 3.61. The van der Waals surface area contributed by atoms with E-state index in [-0.39, 0.29) is 36.9 Å². The molecule has 4 rings (SSSR count). The van der Waals surface area contributed by atoms with Gasteiger partial charge in [0.15, 0.2) is 0 Å². The van der Waals surface area contributed by atoms with Crippen LogP contribution in [0.25, 0.3) is 0 Å². The average molecular weight is 513 g/mol. The van der Waals surface area contributed by atoms with Gasteiger partial charge in [0.1, 0.15) is 18.3 Å². The second kappa shape index (κ2) is 13.0. The first kappa shape index (κ1) is 27.8. The number of ether oxygens (including phenoxy) is 4. The maximum absolute atomic E-state index is 12.6. The van der Waals surface area contributed by atoms with Crippen LogP contribution in [0.2, 0.25) is 0 Å². The molecule has 0 spiro atoms. The molecule has 0 radical (unpaired) electrons. The molecule has 2 bridgehead atoms. The summed E-state index contributed by atoms with van der Waals surface area (Å²) in [5.41, 5.74) is 2.21. The van der Waals surface area contributed by atoms with Crippen molar-refractivity contribution in [3.63, 3.8) is 0 Å². The first-order valence-corrected chi connectivity index (χ1v) is 13.4. The fourth-order valence-electron chi connectivity index (χ4n) is 5.34. The largest absolute Gasteiger partial charge is 0.450 e. The van der Waals surface area contributed by atoms with Gasteiger partial charge in [0.2, 0.25) is 0 Å². The molecule has 0 aliphatic carbocycles. The highest BCUT2D eigenvalue weighted by Crippen LogP contribution is 2.34. The van der Waals surface area contributed by atoms with Crippen molar-refractivity contribution in [3.05, 3.63) is 48.1 Å². The van der Waals surface area contributed by atoms with Gasteiger partial charge < -0.3 is 29.2 Å². The molecule has 7 heteroatoms. The highest BCUT2D eigenvalue weighted by Gasteiger charge is 2.46. The lowest BCUT2D eigenvalue weighted by atomic mass is 9.91. The minimum atomic E-state index is -1.06. The second-order valence-electron chi connectivity index (χ2n) is 10.9. The van der Waals surface area contributed by atoms with Crippen LogP contribution in [0.1, 0.15) is 58.8 Å². The van der Waals surface area contributed by atoms with E-state index >= 15 is 0 Å². The topological polar surface area (TPSA) is 97.8 Å². The van der Waals surface area contributed by atoms with Gasteiger partial charge in [-0.2, -0.15) is 0 Å². The molecule has 0 saturated carbocycles. The fourth-order valence-corrected chi connectivity index (χ4v) is 5.34. The number of rotatable bonds is 3. The number of carbonyl (C=O) groups is 1. The first-order chi connectivity index (χ1) is 17.8. The van der Waals surface area contributed by atoms with Crippen LogP contribution in [0, 0.1) is 17.8 Å². The van der Waals surface area contributed by atoms with Crippen LogP contribution in [-0.4, -0.2) is 71.6 Å². The summed E-state index contributed by atoms with van der Waals surface area (Å²) in [5.74, 6) is 5.08. The SMILES string of the molecule is C=C1C[C@H](C)C[C@@H]2CC=C[C@@H](CC#CC(=O)O[C@H]([C@@H](O)/C=C/[C@@H]3CC(C)=CCO3)C[C@@H]3O[C@H]3[C@@H](O)C1)O2. The molecule has 202 valence electrons. The van der Waals surface area contributed by atoms with E-state index in [9.17, 15) is 15.0 Å². The maximum atomic E-state index is 12.6. The standard InChI is InChI=1S/C30H40O7/c1-19-12-13-34-23(15-19)10-11-25(31)27-18-28-30(37-28)26(32)17-21(3)14-20(2)16-24-8-4-6-22(35-24)7-5-9-29(33)36-27/h4,6,10-12,20,22-28,30-32H,3,7-8,13-18H2,1-2H3/b11-10+/t20-,22-,23+,24-,25-,26-,27-,28-,30-/m0/s1. The Morgan fingerprint density at radius 2 is 2.05 bits per heavy atom. The predicted octanol–water partition coefficient (Wildman–Crippen LogP) is 3.55. The highest BCUT2D eigenvalue weighted by molar-refractivity contribution is 5.88. The minimum Gasteiger partial charge on any atom is -0.450 e. The Bertz CT molecular complexity index is 970. The van der Waals surface area contributed by atoms with Crippen LogP contribution < -0.4 is 0 Å². The van der Waals surface area contributed by atoms with Crippen molar-refractivity contribution in [2.75, 3.05) is 6.61 Å². The number of carbonyl (C=O) groups excluding carboxylic acids is 1. The number of esters is 1. The van der Waals surface area contributed by atoms with Gasteiger partial charge >= 0.3 is 5.97 Å². The zero-order valence-corrected chi connectivity index (χ0v) is 21.9. The summed E-state index contributed by atoms with van der Waals surface area (Å²) >= 11 is 0. The van der Waals surface area contributed by atoms with Crippen LogP contribution in [0.15, 0.2) is 48.1 Å². The van der Waals surface area contributed by atoms with E-state index in [1.54, 1.807) is 12.2 Å². The lowest BCUT2D eigenvalue weighted by Gasteiger charge is -2.27. The van der Waals surface area contributed by atoms with E-state index < -0.39 is 24.3 Å². The van der Waals surface area contributed by atoms with Crippen molar-refractivity contribution in [2.24, 2.45) is 5.92 Å².